The van der Waals surface area contributed by atoms with E-state index in [0.717, 1.165) is 17.0 Å². The molecule has 0 atom stereocenters. The van der Waals surface area contributed by atoms with Crippen LogP contribution in [0.4, 0.5) is 5.82 Å². The number of H-pyrrole nitrogens is 2. The fourth-order valence-corrected chi connectivity index (χ4v) is 2.72. The number of carbonyl (C=O) groups excluding carboxylic acids is 1. The van der Waals surface area contributed by atoms with Gasteiger partial charge in [-0.1, -0.05) is 0 Å². The molecule has 4 rings (SSSR count). The van der Waals surface area contributed by atoms with Crippen LogP contribution in [0.3, 0.4) is 0 Å². The van der Waals surface area contributed by atoms with Crippen LogP contribution in [0.2, 0.25) is 0 Å². The van der Waals surface area contributed by atoms with Crippen LogP contribution in [0, 0.1) is 20.8 Å². The van der Waals surface area contributed by atoms with Gasteiger partial charge in [0.25, 0.3) is 5.91 Å². The first-order valence-corrected chi connectivity index (χ1v) is 7.78. The number of rotatable bonds is 3. The minimum absolute atomic E-state index is 0.307. The first kappa shape index (κ1) is 15.1. The van der Waals surface area contributed by atoms with Gasteiger partial charge in [-0.25, -0.2) is 9.97 Å². The van der Waals surface area contributed by atoms with E-state index in [1.54, 1.807) is 19.2 Å². The summed E-state index contributed by atoms with van der Waals surface area (Å²) in [5.74, 6) is 2.10. The minimum Gasteiger partial charge on any atom is -0.460 e. The topological polar surface area (TPSA) is 112 Å². The Morgan fingerprint density at radius 1 is 1.16 bits per heavy atom. The van der Waals surface area contributed by atoms with Crippen molar-refractivity contribution in [2.75, 3.05) is 5.32 Å². The van der Waals surface area contributed by atoms with E-state index < -0.39 is 0 Å². The number of aromatic nitrogens is 5. The van der Waals surface area contributed by atoms with Gasteiger partial charge in [0, 0.05) is 11.8 Å². The number of fused-ring (bicyclic) bond motifs is 1. The summed E-state index contributed by atoms with van der Waals surface area (Å²) in [6.07, 6.45) is 1.73. The zero-order chi connectivity index (χ0) is 17.6. The summed E-state index contributed by atoms with van der Waals surface area (Å²) in [7, 11) is 0. The molecule has 0 aromatic carbocycles. The predicted octanol–water partition coefficient (Wildman–Crippen LogP) is 3.12. The molecular weight excluding hydrogens is 320 g/mol. The molecule has 4 aromatic heterocycles. The molecule has 8 nitrogen and oxygen atoms in total. The summed E-state index contributed by atoms with van der Waals surface area (Å²) in [6.45, 7) is 5.48. The second kappa shape index (κ2) is 5.59. The Bertz CT molecular complexity index is 1090. The summed E-state index contributed by atoms with van der Waals surface area (Å²) in [5.41, 5.74) is 2.46. The molecule has 0 fully saturated rings. The van der Waals surface area contributed by atoms with Crippen LogP contribution in [-0.4, -0.2) is 31.1 Å². The molecular formula is C17H16N6O2. The average molecular weight is 336 g/mol. The molecule has 4 aromatic rings. The molecule has 0 saturated carbocycles. The molecule has 126 valence electrons. The second-order valence-electron chi connectivity index (χ2n) is 5.80. The zero-order valence-electron chi connectivity index (χ0n) is 14.0. The molecule has 0 unspecified atom stereocenters. The monoisotopic (exact) mass is 336 g/mol. The Morgan fingerprint density at radius 2 is 2.00 bits per heavy atom. The van der Waals surface area contributed by atoms with Crippen LogP contribution in [0.25, 0.3) is 22.5 Å². The van der Waals surface area contributed by atoms with Gasteiger partial charge < -0.3 is 14.7 Å². The van der Waals surface area contributed by atoms with Crippen molar-refractivity contribution < 1.29 is 9.21 Å². The molecule has 0 radical (unpaired) electrons. The lowest BCUT2D eigenvalue weighted by Crippen LogP contribution is -2.16. The van der Waals surface area contributed by atoms with Gasteiger partial charge in [-0.3, -0.25) is 9.89 Å². The third-order valence-corrected chi connectivity index (χ3v) is 3.97. The maximum atomic E-state index is 12.7. The third kappa shape index (κ3) is 2.57. The number of carbonyl (C=O) groups is 1. The van der Waals surface area contributed by atoms with Crippen molar-refractivity contribution in [1.29, 1.82) is 0 Å². The summed E-state index contributed by atoms with van der Waals surface area (Å²) in [6, 6.07) is 5.51. The summed E-state index contributed by atoms with van der Waals surface area (Å²) < 4.78 is 5.61. The van der Waals surface area contributed by atoms with E-state index >= 15 is 0 Å². The number of furan rings is 1. The third-order valence-electron chi connectivity index (χ3n) is 3.97. The zero-order valence-corrected chi connectivity index (χ0v) is 14.0. The van der Waals surface area contributed by atoms with Gasteiger partial charge in [-0.05, 0) is 39.0 Å². The van der Waals surface area contributed by atoms with Gasteiger partial charge in [0.1, 0.15) is 28.6 Å². The number of aromatic amines is 2. The first-order valence-electron chi connectivity index (χ1n) is 7.78. The largest absolute Gasteiger partial charge is 0.460 e. The average Bonchev–Trinajstić information content (AvgIpc) is 3.28. The molecule has 0 bridgehead atoms. The van der Waals surface area contributed by atoms with Crippen molar-refractivity contribution in [2.45, 2.75) is 20.8 Å². The van der Waals surface area contributed by atoms with Gasteiger partial charge in [0.05, 0.1) is 5.39 Å². The van der Waals surface area contributed by atoms with Gasteiger partial charge in [0.2, 0.25) is 0 Å². The fraction of sp³-hybridized carbons (Fsp3) is 0.176. The number of aryl methyl sites for hydroxylation is 2. The van der Waals surface area contributed by atoms with Crippen LogP contribution in [0.5, 0.6) is 0 Å². The fourth-order valence-electron chi connectivity index (χ4n) is 2.72. The van der Waals surface area contributed by atoms with E-state index in [0.29, 0.717) is 34.1 Å². The Balaban J connectivity index is 1.67. The molecule has 0 aliphatic heterocycles. The summed E-state index contributed by atoms with van der Waals surface area (Å²) in [5, 5.41) is 10.6. The van der Waals surface area contributed by atoms with Crippen LogP contribution in [-0.2, 0) is 0 Å². The molecule has 0 aliphatic carbocycles. The lowest BCUT2D eigenvalue weighted by Gasteiger charge is -2.05. The smallest absolute Gasteiger partial charge is 0.276 e. The number of amides is 1. The number of anilines is 1. The Morgan fingerprint density at radius 3 is 2.76 bits per heavy atom. The normalized spacial score (nSPS) is 11.2. The van der Waals surface area contributed by atoms with Crippen molar-refractivity contribution >= 4 is 22.8 Å². The number of nitrogens with one attached hydrogen (secondary N) is 3. The molecule has 0 aliphatic rings. The second-order valence-corrected chi connectivity index (χ2v) is 5.80. The van der Waals surface area contributed by atoms with Gasteiger partial charge >= 0.3 is 0 Å². The van der Waals surface area contributed by atoms with Crippen LogP contribution in [0.15, 0.2) is 28.8 Å². The summed E-state index contributed by atoms with van der Waals surface area (Å²) in [4.78, 5) is 24.2. The van der Waals surface area contributed by atoms with Crippen molar-refractivity contribution in [2.24, 2.45) is 0 Å². The lowest BCUT2D eigenvalue weighted by molar-refractivity contribution is 0.102. The highest BCUT2D eigenvalue weighted by Crippen LogP contribution is 2.27. The highest BCUT2D eigenvalue weighted by atomic mass is 16.3. The highest BCUT2D eigenvalue weighted by Gasteiger charge is 2.19. The van der Waals surface area contributed by atoms with Gasteiger partial charge in [0.15, 0.2) is 11.6 Å². The molecule has 25 heavy (non-hydrogen) atoms. The maximum Gasteiger partial charge on any atom is 0.276 e. The van der Waals surface area contributed by atoms with E-state index in [4.69, 9.17) is 4.42 Å². The van der Waals surface area contributed by atoms with Crippen molar-refractivity contribution in [3.63, 3.8) is 0 Å². The number of nitrogens with zero attached hydrogens (tertiary/aromatic N) is 3. The Labute approximate surface area is 142 Å². The van der Waals surface area contributed by atoms with Gasteiger partial charge in [-0.2, -0.15) is 5.10 Å². The molecule has 3 N–H and O–H groups in total. The molecule has 4 heterocycles. The highest BCUT2D eigenvalue weighted by molar-refractivity contribution is 6.10. The van der Waals surface area contributed by atoms with Crippen LogP contribution in [0.1, 0.15) is 27.6 Å². The standard InChI is InChI=1S/C17H16N6O2/c1-8-4-5-12(25-8)13-9(2)15(23-22-13)21-17(24)14-11-6-7-18-16(11)20-10(3)19-14/h4-7H,1-3H3,(H,18,19,20)(H2,21,22,23,24). The van der Waals surface area contributed by atoms with Crippen molar-refractivity contribution in [1.82, 2.24) is 25.1 Å². The van der Waals surface area contributed by atoms with E-state index in [1.807, 2.05) is 26.0 Å². The van der Waals surface area contributed by atoms with Crippen molar-refractivity contribution in [3.8, 4) is 11.5 Å². The lowest BCUT2D eigenvalue weighted by atomic mass is 10.2. The quantitative estimate of drug-likeness (QED) is 0.532. The predicted molar refractivity (Wildman–Crippen MR) is 92.3 cm³/mol. The van der Waals surface area contributed by atoms with Gasteiger partial charge in [-0.15, -0.1) is 0 Å². The maximum absolute atomic E-state index is 12.7. The first-order chi connectivity index (χ1) is 12.0. The van der Waals surface area contributed by atoms with E-state index in [1.165, 1.54) is 0 Å². The van der Waals surface area contributed by atoms with E-state index in [-0.39, 0.29) is 5.91 Å². The molecule has 0 spiro atoms. The van der Waals surface area contributed by atoms with Crippen LogP contribution < -0.4 is 5.32 Å². The number of hydrogen-bond acceptors (Lipinski definition) is 5. The van der Waals surface area contributed by atoms with E-state index in [2.05, 4.69) is 30.5 Å². The Hall–Kier alpha value is -3.42. The molecule has 0 saturated heterocycles. The SMILES string of the molecule is Cc1nc(C(=O)Nc2n[nH]c(-c3ccc(C)o3)c2C)c2cc[nH]c2n1. The molecule has 8 heteroatoms. The molecule has 1 amide bonds. The minimum atomic E-state index is -0.341. The van der Waals surface area contributed by atoms with Crippen LogP contribution >= 0.6 is 0 Å². The number of hydrogen-bond donors (Lipinski definition) is 3. The van der Waals surface area contributed by atoms with E-state index in [9.17, 15) is 4.79 Å². The Kier molecular flexibility index (Phi) is 3.38. The summed E-state index contributed by atoms with van der Waals surface area (Å²) >= 11 is 0. The van der Waals surface area contributed by atoms with Crippen molar-refractivity contribution in [3.05, 3.63) is 47.2 Å².